The molecule has 1 aromatic carbocycles. The van der Waals surface area contributed by atoms with Gasteiger partial charge in [-0.1, -0.05) is 17.7 Å². The Bertz CT molecular complexity index is 694. The normalized spacial score (nSPS) is 20.6. The van der Waals surface area contributed by atoms with E-state index in [2.05, 4.69) is 10.6 Å². The molecular weight excluding hydrogens is 308 g/mol. The number of benzene rings is 1. The van der Waals surface area contributed by atoms with Gasteiger partial charge in [0.05, 0.1) is 12.5 Å². The molecule has 1 saturated carbocycles. The van der Waals surface area contributed by atoms with E-state index in [-0.39, 0.29) is 30.8 Å². The largest absolute Gasteiger partial charge is 0.464 e. The van der Waals surface area contributed by atoms with Crippen LogP contribution in [0, 0.1) is 6.92 Å². The van der Waals surface area contributed by atoms with Crippen molar-refractivity contribution in [3.63, 3.8) is 0 Å². The zero-order chi connectivity index (χ0) is 17.3. The molecule has 1 fully saturated rings. The summed E-state index contributed by atoms with van der Waals surface area (Å²) in [5.74, 6) is -1.36. The van der Waals surface area contributed by atoms with Gasteiger partial charge in [0.2, 0.25) is 11.8 Å². The van der Waals surface area contributed by atoms with Gasteiger partial charge in [-0.05, 0) is 44.7 Å². The molecule has 24 heavy (non-hydrogen) atoms. The number of carbonyl (C=O) groups is 3. The topological polar surface area (TPSA) is 84.5 Å². The summed E-state index contributed by atoms with van der Waals surface area (Å²) in [6, 6.07) is 5.70. The summed E-state index contributed by atoms with van der Waals surface area (Å²) in [5, 5.41) is 5.62. The molecular formula is C18H22N2O4. The molecule has 1 aliphatic heterocycles. The van der Waals surface area contributed by atoms with Gasteiger partial charge in [0.1, 0.15) is 5.54 Å². The maximum absolute atomic E-state index is 12.5. The molecule has 0 aromatic heterocycles. The van der Waals surface area contributed by atoms with E-state index in [4.69, 9.17) is 4.74 Å². The number of aryl methyl sites for hydroxylation is 1. The van der Waals surface area contributed by atoms with Crippen molar-refractivity contribution in [2.24, 2.45) is 0 Å². The van der Waals surface area contributed by atoms with Crippen molar-refractivity contribution >= 4 is 23.5 Å². The van der Waals surface area contributed by atoms with Gasteiger partial charge >= 0.3 is 5.97 Å². The van der Waals surface area contributed by atoms with Gasteiger partial charge in [0.15, 0.2) is 0 Å². The lowest BCUT2D eigenvalue weighted by Crippen LogP contribution is -2.60. The van der Waals surface area contributed by atoms with E-state index >= 15 is 0 Å². The highest BCUT2D eigenvalue weighted by atomic mass is 16.5. The standard InChI is InChI=1S/C18H22N2O4/c1-3-24-17(23)18(7-4-8-18)20-15(21)10-13-12-9-11(2)5-6-14(12)19-16(13)22/h5-6,9,13H,3-4,7-8,10H2,1-2H3,(H,19,22)(H,20,21). The third-order valence-electron chi connectivity index (χ3n) is 4.80. The van der Waals surface area contributed by atoms with E-state index in [1.165, 1.54) is 0 Å². The molecule has 0 radical (unpaired) electrons. The van der Waals surface area contributed by atoms with E-state index in [1.54, 1.807) is 6.92 Å². The lowest BCUT2D eigenvalue weighted by Gasteiger charge is -2.39. The number of nitrogens with one attached hydrogen (secondary N) is 2. The van der Waals surface area contributed by atoms with Crippen molar-refractivity contribution in [1.82, 2.24) is 5.32 Å². The molecule has 0 spiro atoms. The molecule has 1 atom stereocenters. The lowest BCUT2D eigenvalue weighted by atomic mass is 9.76. The van der Waals surface area contributed by atoms with Crippen LogP contribution in [0.3, 0.4) is 0 Å². The second kappa shape index (κ2) is 6.26. The summed E-state index contributed by atoms with van der Waals surface area (Å²) in [6.07, 6.45) is 2.09. The average Bonchev–Trinajstić information content (AvgIpc) is 2.79. The zero-order valence-electron chi connectivity index (χ0n) is 14.0. The van der Waals surface area contributed by atoms with Gasteiger partial charge < -0.3 is 15.4 Å². The van der Waals surface area contributed by atoms with Crippen LogP contribution in [0.25, 0.3) is 0 Å². The van der Waals surface area contributed by atoms with E-state index in [1.807, 2.05) is 25.1 Å². The fraction of sp³-hybridized carbons (Fsp3) is 0.500. The third-order valence-corrected chi connectivity index (χ3v) is 4.80. The number of esters is 1. The van der Waals surface area contributed by atoms with Crippen molar-refractivity contribution < 1.29 is 19.1 Å². The summed E-state index contributed by atoms with van der Waals surface area (Å²) >= 11 is 0. The Morgan fingerprint density at radius 3 is 2.75 bits per heavy atom. The molecule has 6 heteroatoms. The Labute approximate surface area is 140 Å². The van der Waals surface area contributed by atoms with Crippen molar-refractivity contribution in [3.8, 4) is 0 Å². The SMILES string of the molecule is CCOC(=O)C1(NC(=O)CC2C(=O)Nc3ccc(C)cc32)CCC1. The van der Waals surface area contributed by atoms with Crippen LogP contribution in [0.5, 0.6) is 0 Å². The molecule has 0 bridgehead atoms. The van der Waals surface area contributed by atoms with Gasteiger partial charge in [-0.2, -0.15) is 0 Å². The minimum atomic E-state index is -0.905. The van der Waals surface area contributed by atoms with E-state index in [0.29, 0.717) is 12.8 Å². The fourth-order valence-electron chi connectivity index (χ4n) is 3.33. The van der Waals surface area contributed by atoms with Crippen LogP contribution >= 0.6 is 0 Å². The predicted molar refractivity (Wildman–Crippen MR) is 88.5 cm³/mol. The molecule has 2 N–H and O–H groups in total. The fourth-order valence-corrected chi connectivity index (χ4v) is 3.33. The smallest absolute Gasteiger partial charge is 0.331 e. The van der Waals surface area contributed by atoms with Crippen LogP contribution in [0.15, 0.2) is 18.2 Å². The van der Waals surface area contributed by atoms with E-state index < -0.39 is 11.5 Å². The quantitative estimate of drug-likeness (QED) is 0.809. The van der Waals surface area contributed by atoms with Crippen molar-refractivity contribution in [2.75, 3.05) is 11.9 Å². The maximum Gasteiger partial charge on any atom is 0.331 e. The zero-order valence-corrected chi connectivity index (χ0v) is 14.0. The number of hydrogen-bond donors (Lipinski definition) is 2. The second-order valence-electron chi connectivity index (χ2n) is 6.54. The molecule has 3 rings (SSSR count). The van der Waals surface area contributed by atoms with Gasteiger partial charge in [-0.3, -0.25) is 9.59 Å². The molecule has 2 aliphatic rings. The Morgan fingerprint density at radius 1 is 1.38 bits per heavy atom. The highest BCUT2D eigenvalue weighted by molar-refractivity contribution is 6.05. The van der Waals surface area contributed by atoms with Gasteiger partial charge in [-0.25, -0.2) is 4.79 Å². The molecule has 1 heterocycles. The second-order valence-corrected chi connectivity index (χ2v) is 6.54. The molecule has 6 nitrogen and oxygen atoms in total. The molecule has 128 valence electrons. The van der Waals surface area contributed by atoms with E-state index in [9.17, 15) is 14.4 Å². The van der Waals surface area contributed by atoms with Gasteiger partial charge in [0, 0.05) is 12.1 Å². The Kier molecular flexibility index (Phi) is 4.30. The number of hydrogen-bond acceptors (Lipinski definition) is 4. The summed E-state index contributed by atoms with van der Waals surface area (Å²) in [5.41, 5.74) is 1.73. The predicted octanol–water partition coefficient (Wildman–Crippen LogP) is 2.02. The highest BCUT2D eigenvalue weighted by Crippen LogP contribution is 2.37. The number of anilines is 1. The Morgan fingerprint density at radius 2 is 2.12 bits per heavy atom. The van der Waals surface area contributed by atoms with Crippen molar-refractivity contribution in [1.29, 1.82) is 0 Å². The molecule has 2 amide bonds. The van der Waals surface area contributed by atoms with Gasteiger partial charge in [0.25, 0.3) is 0 Å². The molecule has 0 saturated heterocycles. The van der Waals surface area contributed by atoms with Crippen LogP contribution in [0.1, 0.15) is 49.7 Å². The summed E-state index contributed by atoms with van der Waals surface area (Å²) in [7, 11) is 0. The van der Waals surface area contributed by atoms with Crippen molar-refractivity contribution in [3.05, 3.63) is 29.3 Å². The van der Waals surface area contributed by atoms with Crippen molar-refractivity contribution in [2.45, 2.75) is 51.0 Å². The maximum atomic E-state index is 12.5. The monoisotopic (exact) mass is 330 g/mol. The summed E-state index contributed by atoms with van der Waals surface area (Å²) < 4.78 is 5.08. The Balaban J connectivity index is 1.70. The number of fused-ring (bicyclic) bond motifs is 1. The highest BCUT2D eigenvalue weighted by Gasteiger charge is 2.47. The first-order chi connectivity index (χ1) is 11.4. The van der Waals surface area contributed by atoms with Crippen LogP contribution in [0.2, 0.25) is 0 Å². The lowest BCUT2D eigenvalue weighted by molar-refractivity contribution is -0.157. The minimum absolute atomic E-state index is 0.0312. The van der Waals surface area contributed by atoms with Crippen LogP contribution in [-0.2, 0) is 19.1 Å². The molecule has 1 unspecified atom stereocenters. The first kappa shape index (κ1) is 16.5. The molecule has 1 aliphatic carbocycles. The number of carbonyl (C=O) groups excluding carboxylic acids is 3. The first-order valence-electron chi connectivity index (χ1n) is 8.35. The van der Waals surface area contributed by atoms with Gasteiger partial charge in [-0.15, -0.1) is 0 Å². The number of rotatable bonds is 5. The van der Waals surface area contributed by atoms with Crippen LogP contribution in [0.4, 0.5) is 5.69 Å². The number of amides is 2. The third kappa shape index (κ3) is 2.88. The van der Waals surface area contributed by atoms with Crippen LogP contribution in [-0.4, -0.2) is 29.9 Å². The van der Waals surface area contributed by atoms with E-state index in [0.717, 1.165) is 23.2 Å². The summed E-state index contributed by atoms with van der Waals surface area (Å²) in [4.78, 5) is 36.7. The number of ether oxygens (including phenoxy) is 1. The van der Waals surface area contributed by atoms with Crippen LogP contribution < -0.4 is 10.6 Å². The molecule has 1 aromatic rings. The Hall–Kier alpha value is -2.37. The average molecular weight is 330 g/mol. The summed E-state index contributed by atoms with van der Waals surface area (Å²) in [6.45, 7) is 3.98. The minimum Gasteiger partial charge on any atom is -0.464 e. The first-order valence-corrected chi connectivity index (χ1v) is 8.35.